The Morgan fingerprint density at radius 1 is 0.482 bits per heavy atom. The Bertz CT molecular complexity index is 2820. The minimum atomic E-state index is -0.209. The van der Waals surface area contributed by atoms with Crippen molar-refractivity contribution in [1.82, 2.24) is 0 Å². The molecule has 0 aliphatic rings. The normalized spacial score (nSPS) is 12.6. The van der Waals surface area contributed by atoms with Crippen molar-refractivity contribution in [1.29, 1.82) is 0 Å². The third kappa shape index (κ3) is 6.92. The summed E-state index contributed by atoms with van der Waals surface area (Å²) in [7, 11) is 0. The van der Waals surface area contributed by atoms with Gasteiger partial charge in [0.1, 0.15) is 17.0 Å². The van der Waals surface area contributed by atoms with E-state index in [9.17, 15) is 0 Å². The summed E-state index contributed by atoms with van der Waals surface area (Å²) in [5.74, 6) is 0.945. The van der Waals surface area contributed by atoms with E-state index < -0.39 is 0 Å². The van der Waals surface area contributed by atoms with E-state index in [-0.39, 0.29) is 6.04 Å². The number of aliphatic imine (C=N–C) groups is 2. The highest BCUT2D eigenvalue weighted by Crippen LogP contribution is 2.39. The quantitative estimate of drug-likeness (QED) is 0.125. The Kier molecular flexibility index (Phi) is 9.36. The van der Waals surface area contributed by atoms with Crippen molar-refractivity contribution in [2.45, 2.75) is 13.0 Å². The lowest BCUT2D eigenvalue weighted by Gasteiger charge is -2.12. The van der Waals surface area contributed by atoms with Gasteiger partial charge in [0.15, 0.2) is 5.84 Å². The van der Waals surface area contributed by atoms with E-state index in [2.05, 4.69) is 153 Å². The van der Waals surface area contributed by atoms with E-state index in [1.165, 1.54) is 27.8 Å². The monoisotopic (exact) mass is 721 g/mol. The number of amidine groups is 2. The summed E-state index contributed by atoms with van der Waals surface area (Å²) >= 11 is 0. The maximum Gasteiger partial charge on any atom is 0.158 e. The zero-order valence-corrected chi connectivity index (χ0v) is 31.0. The van der Waals surface area contributed by atoms with Crippen LogP contribution >= 0.6 is 0 Å². The standard InChI is InChI=1S/C52H39N3O/c1-35(36-23-25-41(26-24-36)42-29-27-39(28-30-42)37-13-5-2-6-14-37)54-52(55-51(53)44-17-9-4-10-18-44)47-21-12-22-48-49(47)46-20-11-19-45(50(46)56-48)43-33-31-40(32-34-43)38-15-7-3-8-16-38/h2-35H,1H3,(H2,53,54,55). The van der Waals surface area contributed by atoms with Crippen molar-refractivity contribution in [3.05, 3.63) is 217 Å². The highest BCUT2D eigenvalue weighted by molar-refractivity contribution is 6.22. The van der Waals surface area contributed by atoms with Crippen LogP contribution in [0.5, 0.6) is 0 Å². The molecule has 0 bridgehead atoms. The number of benzene rings is 8. The van der Waals surface area contributed by atoms with E-state index in [0.29, 0.717) is 11.7 Å². The van der Waals surface area contributed by atoms with Crippen molar-refractivity contribution in [3.63, 3.8) is 0 Å². The van der Waals surface area contributed by atoms with Gasteiger partial charge < -0.3 is 10.2 Å². The molecule has 1 atom stereocenters. The van der Waals surface area contributed by atoms with Gasteiger partial charge in [0, 0.05) is 27.5 Å². The van der Waals surface area contributed by atoms with Crippen LogP contribution in [0.4, 0.5) is 0 Å². The summed E-state index contributed by atoms with van der Waals surface area (Å²) in [5.41, 5.74) is 20.3. The fourth-order valence-electron chi connectivity index (χ4n) is 7.38. The molecule has 1 aromatic heterocycles. The van der Waals surface area contributed by atoms with Gasteiger partial charge in [0.05, 0.1) is 6.04 Å². The fourth-order valence-corrected chi connectivity index (χ4v) is 7.38. The summed E-state index contributed by atoms with van der Waals surface area (Å²) in [4.78, 5) is 10.3. The first-order valence-corrected chi connectivity index (χ1v) is 18.9. The second kappa shape index (κ2) is 15.2. The summed E-state index contributed by atoms with van der Waals surface area (Å²) < 4.78 is 6.68. The molecule has 9 aromatic rings. The molecule has 4 nitrogen and oxygen atoms in total. The SMILES string of the molecule is CC(N=C(N=C(N)c1ccccc1)c1cccc2oc3c(-c4ccc(-c5ccccc5)cc4)cccc3c12)c1ccc(-c2ccc(-c3ccccc3)cc2)cc1. The number of para-hydroxylation sites is 1. The van der Waals surface area contributed by atoms with Gasteiger partial charge in [0.2, 0.25) is 0 Å². The summed E-state index contributed by atoms with van der Waals surface area (Å²) in [6.45, 7) is 2.10. The lowest BCUT2D eigenvalue weighted by atomic mass is 9.98. The molecule has 0 aliphatic carbocycles. The number of nitrogens with zero attached hydrogens (tertiary/aromatic N) is 2. The average Bonchev–Trinajstić information content (AvgIpc) is 3.67. The summed E-state index contributed by atoms with van der Waals surface area (Å²) in [6.07, 6.45) is 0. The molecular weight excluding hydrogens is 683 g/mol. The number of hydrogen-bond acceptors (Lipinski definition) is 2. The van der Waals surface area contributed by atoms with Gasteiger partial charge in [0.25, 0.3) is 0 Å². The zero-order valence-electron chi connectivity index (χ0n) is 31.0. The Hall–Kier alpha value is -7.30. The minimum absolute atomic E-state index is 0.209. The lowest BCUT2D eigenvalue weighted by Crippen LogP contribution is -2.16. The maximum absolute atomic E-state index is 6.71. The van der Waals surface area contributed by atoms with Crippen LogP contribution in [-0.2, 0) is 0 Å². The Morgan fingerprint density at radius 2 is 0.964 bits per heavy atom. The molecule has 0 radical (unpaired) electrons. The highest BCUT2D eigenvalue weighted by Gasteiger charge is 2.19. The molecule has 9 rings (SSSR count). The molecular formula is C52H39N3O. The number of fused-ring (bicyclic) bond motifs is 3. The number of rotatable bonds is 8. The van der Waals surface area contributed by atoms with E-state index in [4.69, 9.17) is 20.1 Å². The van der Waals surface area contributed by atoms with Gasteiger partial charge in [-0.2, -0.15) is 0 Å². The van der Waals surface area contributed by atoms with Crippen LogP contribution < -0.4 is 5.73 Å². The van der Waals surface area contributed by atoms with E-state index in [1.54, 1.807) is 0 Å². The second-order valence-corrected chi connectivity index (χ2v) is 14.0. The van der Waals surface area contributed by atoms with Gasteiger partial charge in [-0.05, 0) is 57.5 Å². The molecule has 56 heavy (non-hydrogen) atoms. The molecule has 0 fully saturated rings. The van der Waals surface area contributed by atoms with Crippen LogP contribution in [0, 0.1) is 0 Å². The molecule has 0 aliphatic heterocycles. The van der Waals surface area contributed by atoms with E-state index in [1.807, 2.05) is 54.6 Å². The van der Waals surface area contributed by atoms with Crippen LogP contribution in [0.2, 0.25) is 0 Å². The van der Waals surface area contributed by atoms with Crippen molar-refractivity contribution in [3.8, 4) is 44.5 Å². The molecule has 4 heteroatoms. The number of hydrogen-bond donors (Lipinski definition) is 1. The average molecular weight is 722 g/mol. The van der Waals surface area contributed by atoms with Crippen LogP contribution in [0.3, 0.4) is 0 Å². The molecule has 0 saturated carbocycles. The smallest absolute Gasteiger partial charge is 0.158 e. The third-order valence-electron chi connectivity index (χ3n) is 10.4. The van der Waals surface area contributed by atoms with Gasteiger partial charge in [-0.25, -0.2) is 4.99 Å². The van der Waals surface area contributed by atoms with Crippen molar-refractivity contribution >= 4 is 33.6 Å². The van der Waals surface area contributed by atoms with Crippen molar-refractivity contribution < 1.29 is 4.42 Å². The van der Waals surface area contributed by atoms with Crippen molar-refractivity contribution in [2.75, 3.05) is 0 Å². The molecule has 0 amide bonds. The van der Waals surface area contributed by atoms with Gasteiger partial charge in [-0.15, -0.1) is 0 Å². The van der Waals surface area contributed by atoms with Crippen LogP contribution in [-0.4, -0.2) is 11.7 Å². The molecule has 0 saturated heterocycles. The maximum atomic E-state index is 6.71. The molecule has 1 heterocycles. The fraction of sp³-hybridized carbons (Fsp3) is 0.0385. The summed E-state index contributed by atoms with van der Waals surface area (Å²) in [5, 5.41) is 1.95. The van der Waals surface area contributed by atoms with Crippen LogP contribution in [0.25, 0.3) is 66.4 Å². The second-order valence-electron chi connectivity index (χ2n) is 14.0. The number of furan rings is 1. The molecule has 268 valence electrons. The predicted octanol–water partition coefficient (Wildman–Crippen LogP) is 13.2. The molecule has 1 unspecified atom stereocenters. The van der Waals surface area contributed by atoms with Crippen LogP contribution in [0.15, 0.2) is 215 Å². The molecule has 8 aromatic carbocycles. The minimum Gasteiger partial charge on any atom is -0.455 e. The third-order valence-corrected chi connectivity index (χ3v) is 10.4. The first-order valence-electron chi connectivity index (χ1n) is 18.9. The van der Waals surface area contributed by atoms with Gasteiger partial charge >= 0.3 is 0 Å². The first kappa shape index (κ1) is 34.5. The van der Waals surface area contributed by atoms with Gasteiger partial charge in [-0.3, -0.25) is 4.99 Å². The molecule has 2 N–H and O–H groups in total. The molecule has 0 spiro atoms. The Labute approximate surface area is 327 Å². The largest absolute Gasteiger partial charge is 0.455 e. The van der Waals surface area contributed by atoms with E-state index in [0.717, 1.165) is 55.3 Å². The van der Waals surface area contributed by atoms with Crippen molar-refractivity contribution in [2.24, 2.45) is 15.7 Å². The topological polar surface area (TPSA) is 63.9 Å². The first-order chi connectivity index (χ1) is 27.6. The number of nitrogens with two attached hydrogens (primary N) is 1. The summed E-state index contributed by atoms with van der Waals surface area (Å²) in [6, 6.07) is 68.9. The van der Waals surface area contributed by atoms with Gasteiger partial charge in [-0.1, -0.05) is 194 Å². The Morgan fingerprint density at radius 3 is 1.54 bits per heavy atom. The lowest BCUT2D eigenvalue weighted by molar-refractivity contribution is 0.670. The predicted molar refractivity (Wildman–Crippen MR) is 234 cm³/mol. The highest BCUT2D eigenvalue weighted by atomic mass is 16.3. The zero-order chi connectivity index (χ0) is 37.8. The van der Waals surface area contributed by atoms with E-state index >= 15 is 0 Å². The Balaban J connectivity index is 1.09. The van der Waals surface area contributed by atoms with Crippen LogP contribution in [0.1, 0.15) is 29.7 Å².